The van der Waals surface area contributed by atoms with E-state index < -0.39 is 65.0 Å². The van der Waals surface area contributed by atoms with E-state index in [0.29, 0.717) is 56.4 Å². The molecule has 660 valence electrons. The molecule has 1 aliphatic heterocycles. The van der Waals surface area contributed by atoms with E-state index in [1.807, 2.05) is 195 Å². The zero-order valence-corrected chi connectivity index (χ0v) is 83.9. The molecule has 6 atom stereocenters. The van der Waals surface area contributed by atoms with Gasteiger partial charge in [-0.3, -0.25) is 0 Å². The van der Waals surface area contributed by atoms with E-state index in [4.69, 9.17) is 60.6 Å². The van der Waals surface area contributed by atoms with Crippen LogP contribution in [0.25, 0.3) is 58.5 Å². The van der Waals surface area contributed by atoms with Crippen molar-refractivity contribution in [1.29, 1.82) is 0 Å². The molecule has 17 rings (SSSR count). The van der Waals surface area contributed by atoms with Gasteiger partial charge in [0.1, 0.15) is 16.8 Å². The van der Waals surface area contributed by atoms with Gasteiger partial charge in [0.15, 0.2) is 19.7 Å². The molecule has 0 fully saturated rings. The van der Waals surface area contributed by atoms with Crippen LogP contribution < -0.4 is 0 Å². The molecule has 0 saturated carbocycles. The molecule has 12 aromatic heterocycles. The standard InChI is InChI=1S/C17H14Cl2OS2.C17H15ClO3S3.C17H15ClOS2.C17H16O3S3.C15H16O3S2.C12H14O2S2/c1-17(20,10-11-4-5-13(18)14(19)9-11)12-6-8-22-16(12)15-3-2-7-21-15;1-17(19,11-24(20,21)13-6-4-12(18)5-7-13)14-8-10-23-16(14)15-3-2-9-22-15;1-17(19,11-12-4-6-13(18)7-5-12)14-8-10-21-16(14)15-3-2-9-20-15;1-17(18,12-23(19,20)13-6-3-2-4-7-13)14-9-11-22-16(14)15-8-5-10-21-15;1-10-9-15(16,18-14(2,3)17-10)11-6-8-20-13(11)12-5-4-7-19-12;1-12(13,8-14-2)9-5-7-16-11(9)10-4-3-6-15-10/h2-9,20H,10H2,1H3;2-10,19H,11H2,1H3;2-10,19H,11H2,1H3;2-11,18H,12H2,1H3;4-9,16H,1-3H3;3-7,13H,8H2,1-2H3. The molecular formula is C95H90Cl4O13S14. The second-order valence-corrected chi connectivity index (χ2v) is 47.6. The van der Waals surface area contributed by atoms with Crippen molar-refractivity contribution in [3.63, 3.8) is 0 Å². The summed E-state index contributed by atoms with van der Waals surface area (Å²) < 4.78 is 66.9. The number of allylic oxidation sites excluding steroid dienone is 1. The average Bonchev–Trinajstić information content (AvgIpc) is 1.57. The Hall–Kier alpha value is -6.44. The first-order valence-electron chi connectivity index (χ1n) is 38.8. The molecule has 0 aliphatic carbocycles. The maximum Gasteiger partial charge on any atom is 0.221 e. The minimum absolute atomic E-state index is 0.153. The number of rotatable bonds is 24. The molecule has 4 aromatic carbocycles. The number of aliphatic hydroxyl groups is 6. The van der Waals surface area contributed by atoms with Crippen LogP contribution in [-0.2, 0) is 80.5 Å². The van der Waals surface area contributed by atoms with Crippen LogP contribution in [0.3, 0.4) is 0 Å². The van der Waals surface area contributed by atoms with E-state index in [0.717, 1.165) is 77.3 Å². The quantitative estimate of drug-likeness (QED) is 0.0332. The predicted octanol–water partition coefficient (Wildman–Crippen LogP) is 28.4. The van der Waals surface area contributed by atoms with Crippen molar-refractivity contribution < 1.29 is 61.7 Å². The van der Waals surface area contributed by atoms with E-state index in [-0.39, 0.29) is 15.5 Å². The van der Waals surface area contributed by atoms with Gasteiger partial charge in [-0.05, 0) is 251 Å². The highest BCUT2D eigenvalue weighted by Gasteiger charge is 2.44. The predicted molar refractivity (Wildman–Crippen MR) is 537 cm³/mol. The summed E-state index contributed by atoms with van der Waals surface area (Å²) in [5.41, 5.74) is 1.26. The van der Waals surface area contributed by atoms with Crippen LogP contribution in [0.4, 0.5) is 0 Å². The molecule has 0 bridgehead atoms. The maximum absolute atomic E-state index is 12.7. The third kappa shape index (κ3) is 25.4. The fourth-order valence-electron chi connectivity index (χ4n) is 14.0. The van der Waals surface area contributed by atoms with Crippen molar-refractivity contribution in [2.75, 3.05) is 25.2 Å². The Morgan fingerprint density at radius 1 is 0.365 bits per heavy atom. The highest BCUT2D eigenvalue weighted by molar-refractivity contribution is 7.91. The van der Waals surface area contributed by atoms with Gasteiger partial charge in [-0.1, -0.05) is 119 Å². The van der Waals surface area contributed by atoms with Gasteiger partial charge in [0, 0.05) is 113 Å². The SMILES string of the molecule is CC(O)(CS(=O)(=O)c1ccc(Cl)cc1)c1ccsc1-c1cccs1.CC(O)(CS(=O)(=O)c1ccccc1)c1ccsc1-c1cccs1.CC(O)(Cc1ccc(Cl)c(Cl)c1)c1ccsc1-c1cccs1.CC(O)(Cc1ccc(Cl)cc1)c1ccsc1-c1cccs1.CC1=CC(O)(c2ccsc2-c2cccs2)OC(C)(C)O1.COCC(C)(O)c1ccsc1-c1cccs1. The number of thiophene rings is 12. The van der Waals surface area contributed by atoms with E-state index in [1.165, 1.54) is 61.6 Å². The van der Waals surface area contributed by atoms with Crippen LogP contribution in [0.1, 0.15) is 99.9 Å². The van der Waals surface area contributed by atoms with Crippen LogP contribution in [0, 0.1) is 0 Å². The molecular weight excluding hydrogens is 1940 g/mol. The summed E-state index contributed by atoms with van der Waals surface area (Å²) in [5, 5.41) is 91.2. The zero-order chi connectivity index (χ0) is 90.5. The lowest BCUT2D eigenvalue weighted by Crippen LogP contribution is -2.43. The summed E-state index contributed by atoms with van der Waals surface area (Å²) in [7, 11) is -5.62. The molecule has 13 nitrogen and oxygen atoms in total. The Bertz CT molecular complexity index is 6360. The van der Waals surface area contributed by atoms with Crippen molar-refractivity contribution in [2.45, 2.75) is 118 Å². The van der Waals surface area contributed by atoms with Gasteiger partial charge in [-0.2, -0.15) is 0 Å². The average molecular weight is 2030 g/mol. The second kappa shape index (κ2) is 42.8. The zero-order valence-electron chi connectivity index (χ0n) is 69.4. The maximum atomic E-state index is 12.7. The first-order valence-corrected chi connectivity index (χ1v) is 54.2. The fraction of sp³-hybridized carbons (Fsp3) is 0.221. The number of hydrogen-bond donors (Lipinski definition) is 6. The summed E-state index contributed by atoms with van der Waals surface area (Å²) in [4.78, 5) is 13.4. The number of ether oxygens (including phenoxy) is 3. The molecule has 126 heavy (non-hydrogen) atoms. The summed E-state index contributed by atoms with van der Waals surface area (Å²) in [6.45, 7) is 14.3. The summed E-state index contributed by atoms with van der Waals surface area (Å²) >= 11 is 43.2. The van der Waals surface area contributed by atoms with Gasteiger partial charge in [0.05, 0.1) is 84.2 Å². The van der Waals surface area contributed by atoms with Crippen molar-refractivity contribution in [2.24, 2.45) is 0 Å². The van der Waals surface area contributed by atoms with Gasteiger partial charge < -0.3 is 44.8 Å². The van der Waals surface area contributed by atoms with Gasteiger partial charge >= 0.3 is 0 Å². The smallest absolute Gasteiger partial charge is 0.221 e. The van der Waals surface area contributed by atoms with Crippen molar-refractivity contribution in [3.8, 4) is 58.5 Å². The van der Waals surface area contributed by atoms with Crippen LogP contribution in [0.15, 0.2) is 292 Å². The topological polar surface area (TPSA) is 217 Å². The number of hydrogen-bond acceptors (Lipinski definition) is 25. The molecule has 0 amide bonds. The first-order chi connectivity index (χ1) is 59.8. The van der Waals surface area contributed by atoms with Crippen molar-refractivity contribution in [3.05, 3.63) is 347 Å². The number of methoxy groups -OCH3 is 1. The highest BCUT2D eigenvalue weighted by atomic mass is 35.5. The highest BCUT2D eigenvalue weighted by Crippen LogP contribution is 2.48. The Morgan fingerprint density at radius 2 is 0.690 bits per heavy atom. The molecule has 0 saturated heterocycles. The van der Waals surface area contributed by atoms with Gasteiger partial charge in [0.25, 0.3) is 0 Å². The molecule has 6 unspecified atom stereocenters. The number of halogens is 4. The van der Waals surface area contributed by atoms with Crippen molar-refractivity contribution in [1.82, 2.24) is 0 Å². The molecule has 1 aliphatic rings. The largest absolute Gasteiger partial charge is 0.468 e. The Labute approximate surface area is 803 Å². The third-order valence-electron chi connectivity index (χ3n) is 19.6. The molecule has 6 N–H and O–H groups in total. The van der Waals surface area contributed by atoms with E-state index in [1.54, 1.807) is 210 Å². The Balaban J connectivity index is 0.000000138. The lowest BCUT2D eigenvalue weighted by atomic mass is 9.89. The molecule has 13 heterocycles. The van der Waals surface area contributed by atoms with Gasteiger partial charge in [0.2, 0.25) is 11.6 Å². The van der Waals surface area contributed by atoms with E-state index >= 15 is 0 Å². The van der Waals surface area contributed by atoms with E-state index in [2.05, 4.69) is 23.6 Å². The minimum Gasteiger partial charge on any atom is -0.468 e. The second-order valence-electron chi connectivity index (χ2n) is 30.7. The lowest BCUT2D eigenvalue weighted by Gasteiger charge is -2.40. The summed E-state index contributed by atoms with van der Waals surface area (Å²) in [6, 6.07) is 63.1. The fourth-order valence-corrected chi connectivity index (χ4v) is 29.2. The molecule has 31 heteroatoms. The number of sulfone groups is 2. The van der Waals surface area contributed by atoms with Gasteiger partial charge in [-0.15, -0.1) is 136 Å². The van der Waals surface area contributed by atoms with Crippen LogP contribution >= 0.6 is 182 Å². The number of benzene rings is 4. The molecule has 16 aromatic rings. The first kappa shape index (κ1) is 98.6. The van der Waals surface area contributed by atoms with Gasteiger partial charge in [-0.25, -0.2) is 16.8 Å². The minimum atomic E-state index is -3.65. The molecule has 0 spiro atoms. The van der Waals surface area contributed by atoms with Crippen LogP contribution in [0.2, 0.25) is 20.1 Å². The third-order valence-corrected chi connectivity index (χ3v) is 36.5. The van der Waals surface area contributed by atoms with Crippen molar-refractivity contribution >= 4 is 202 Å². The van der Waals surface area contributed by atoms with E-state index in [9.17, 15) is 47.5 Å². The Morgan fingerprint density at radius 3 is 1.05 bits per heavy atom. The summed E-state index contributed by atoms with van der Waals surface area (Å²) in [6.07, 6.45) is 2.68. The lowest BCUT2D eigenvalue weighted by molar-refractivity contribution is -0.326. The monoisotopic (exact) mass is 2030 g/mol. The summed E-state index contributed by atoms with van der Waals surface area (Å²) in [5.74, 6) is -2.39. The normalized spacial score (nSPS) is 16.1. The van der Waals surface area contributed by atoms with Crippen LogP contribution in [0.5, 0.6) is 0 Å². The Kier molecular flexibility index (Phi) is 33.5. The molecule has 0 radical (unpaired) electrons. The van der Waals surface area contributed by atoms with Crippen LogP contribution in [-0.4, -0.2) is 78.5 Å².